The van der Waals surface area contributed by atoms with Gasteiger partial charge in [0.05, 0.1) is 24.1 Å². The minimum Gasteiger partial charge on any atom is -0.426 e. The lowest BCUT2D eigenvalue weighted by atomic mass is 10.0. The number of carbonyl (C=O) groups is 1. The summed E-state index contributed by atoms with van der Waals surface area (Å²) in [6.45, 7) is 8.36. The largest absolute Gasteiger partial charge is 0.426 e. The van der Waals surface area contributed by atoms with Crippen molar-refractivity contribution < 1.29 is 13.9 Å². The number of ether oxygens (including phenoxy) is 1. The number of amides is 1. The average Bonchev–Trinajstić information content (AvgIpc) is 3.11. The average molecular weight is 365 g/mol. The Labute approximate surface area is 158 Å². The first-order chi connectivity index (χ1) is 12.9. The van der Waals surface area contributed by atoms with Crippen LogP contribution in [-0.2, 0) is 6.54 Å². The molecule has 0 spiro atoms. The third kappa shape index (κ3) is 4.73. The summed E-state index contributed by atoms with van der Waals surface area (Å²) in [6.07, 6.45) is 3.30. The molecule has 0 aliphatic rings. The molecule has 1 N–H and O–H groups in total. The molecular formula is C21H23N3O3. The molecule has 0 atom stereocenters. The molecule has 1 aromatic carbocycles. The van der Waals surface area contributed by atoms with Crippen molar-refractivity contribution in [3.63, 3.8) is 0 Å². The number of furan rings is 1. The lowest BCUT2D eigenvalue weighted by molar-refractivity contribution is 0.0917. The van der Waals surface area contributed by atoms with Gasteiger partial charge in [-0.25, -0.2) is 0 Å². The predicted octanol–water partition coefficient (Wildman–Crippen LogP) is 4.53. The van der Waals surface area contributed by atoms with Crippen LogP contribution < -0.4 is 10.1 Å². The molecular weight excluding hydrogens is 342 g/mol. The summed E-state index contributed by atoms with van der Waals surface area (Å²) >= 11 is 0. The van der Waals surface area contributed by atoms with Gasteiger partial charge in [-0.3, -0.25) is 14.8 Å². The molecule has 6 heteroatoms. The second-order valence-corrected chi connectivity index (χ2v) is 6.73. The first kappa shape index (κ1) is 18.6. The van der Waals surface area contributed by atoms with Gasteiger partial charge in [-0.2, -0.15) is 0 Å². The molecule has 1 amide bonds. The van der Waals surface area contributed by atoms with Crippen molar-refractivity contribution in [2.45, 2.75) is 40.2 Å². The van der Waals surface area contributed by atoms with Gasteiger partial charge in [0, 0.05) is 12.3 Å². The Kier molecular flexibility index (Phi) is 5.54. The number of benzene rings is 1. The van der Waals surface area contributed by atoms with Crippen LogP contribution in [-0.4, -0.2) is 15.9 Å². The highest BCUT2D eigenvalue weighted by atomic mass is 16.6. The van der Waals surface area contributed by atoms with Crippen LogP contribution in [0.1, 0.15) is 52.8 Å². The topological polar surface area (TPSA) is 77.2 Å². The zero-order valence-corrected chi connectivity index (χ0v) is 15.9. The summed E-state index contributed by atoms with van der Waals surface area (Å²) < 4.78 is 11.4. The number of nitrogens with one attached hydrogen (secondary N) is 1. The van der Waals surface area contributed by atoms with E-state index in [-0.39, 0.29) is 24.2 Å². The highest BCUT2D eigenvalue weighted by molar-refractivity contribution is 5.91. The zero-order valence-electron chi connectivity index (χ0n) is 15.9. The Morgan fingerprint density at radius 3 is 2.67 bits per heavy atom. The van der Waals surface area contributed by atoms with Gasteiger partial charge in [0.2, 0.25) is 0 Å². The Morgan fingerprint density at radius 1 is 1.15 bits per heavy atom. The van der Waals surface area contributed by atoms with Crippen LogP contribution >= 0.6 is 0 Å². The summed E-state index contributed by atoms with van der Waals surface area (Å²) in [5.41, 5.74) is 3.69. The molecule has 0 saturated heterocycles. The van der Waals surface area contributed by atoms with E-state index in [0.717, 1.165) is 17.0 Å². The minimum atomic E-state index is -0.333. The number of nitrogens with zero attached hydrogens (tertiary/aromatic N) is 2. The van der Waals surface area contributed by atoms with E-state index >= 15 is 0 Å². The monoisotopic (exact) mass is 365 g/mol. The van der Waals surface area contributed by atoms with E-state index in [1.165, 1.54) is 5.56 Å². The lowest BCUT2D eigenvalue weighted by Crippen LogP contribution is -2.22. The van der Waals surface area contributed by atoms with E-state index in [2.05, 4.69) is 35.2 Å². The third-order valence-electron chi connectivity index (χ3n) is 4.16. The maximum Gasteiger partial charge on any atom is 0.290 e. The summed E-state index contributed by atoms with van der Waals surface area (Å²) in [5, 5.41) is 2.76. The number of carbonyl (C=O) groups excluding carboxylic acids is 1. The molecule has 0 bridgehead atoms. The third-order valence-corrected chi connectivity index (χ3v) is 4.16. The van der Waals surface area contributed by atoms with E-state index in [0.29, 0.717) is 11.6 Å². The summed E-state index contributed by atoms with van der Waals surface area (Å²) in [6, 6.07) is 9.33. The van der Waals surface area contributed by atoms with Crippen molar-refractivity contribution in [1.29, 1.82) is 0 Å². The van der Waals surface area contributed by atoms with Crippen LogP contribution in [0.2, 0.25) is 0 Å². The van der Waals surface area contributed by atoms with Crippen LogP contribution in [0.4, 0.5) is 0 Å². The fourth-order valence-electron chi connectivity index (χ4n) is 2.46. The van der Waals surface area contributed by atoms with Crippen molar-refractivity contribution in [3.8, 4) is 11.7 Å². The minimum absolute atomic E-state index is 0.183. The van der Waals surface area contributed by atoms with Crippen molar-refractivity contribution in [2.24, 2.45) is 0 Å². The van der Waals surface area contributed by atoms with Gasteiger partial charge in [-0.15, -0.1) is 0 Å². The number of rotatable bonds is 6. The molecule has 2 aromatic heterocycles. The molecule has 0 unspecified atom stereocenters. The molecule has 0 radical (unpaired) electrons. The molecule has 6 nitrogen and oxygen atoms in total. The maximum absolute atomic E-state index is 12.3. The van der Waals surface area contributed by atoms with Gasteiger partial charge >= 0.3 is 0 Å². The van der Waals surface area contributed by atoms with Gasteiger partial charge < -0.3 is 14.5 Å². The Bertz CT molecular complexity index is 930. The molecule has 0 saturated carbocycles. The molecule has 2 heterocycles. The lowest BCUT2D eigenvalue weighted by Gasteiger charge is -2.10. The van der Waals surface area contributed by atoms with Crippen LogP contribution in [0.5, 0.6) is 11.7 Å². The summed E-state index contributed by atoms with van der Waals surface area (Å²) in [5.74, 6) is 1.25. The van der Waals surface area contributed by atoms with Gasteiger partial charge in [0.25, 0.3) is 11.9 Å². The molecule has 140 valence electrons. The first-order valence-corrected chi connectivity index (χ1v) is 8.86. The highest BCUT2D eigenvalue weighted by Crippen LogP contribution is 2.29. The number of hydrogen-bond donors (Lipinski definition) is 1. The molecule has 0 aliphatic carbocycles. The molecule has 3 aromatic rings. The second-order valence-electron chi connectivity index (χ2n) is 6.73. The van der Waals surface area contributed by atoms with E-state index in [4.69, 9.17) is 9.15 Å². The van der Waals surface area contributed by atoms with Crippen LogP contribution in [0, 0.1) is 13.8 Å². The van der Waals surface area contributed by atoms with Gasteiger partial charge in [-0.1, -0.05) is 26.0 Å². The van der Waals surface area contributed by atoms with Crippen LogP contribution in [0.25, 0.3) is 0 Å². The summed E-state index contributed by atoms with van der Waals surface area (Å²) in [7, 11) is 0. The maximum atomic E-state index is 12.3. The smallest absolute Gasteiger partial charge is 0.290 e. The standard InChI is InChI=1S/C21H23N3O3/c1-13(2)16-6-5-14(3)19(9-16)27-20-8-7-18(26-20)21(25)24-12-17-11-22-15(4)10-23-17/h5-11,13H,12H2,1-4H3,(H,24,25). The van der Waals surface area contributed by atoms with Crippen molar-refractivity contribution in [3.05, 3.63) is 71.0 Å². The summed E-state index contributed by atoms with van der Waals surface area (Å²) in [4.78, 5) is 20.6. The van der Waals surface area contributed by atoms with Crippen LogP contribution in [0.3, 0.4) is 0 Å². The number of hydrogen-bond acceptors (Lipinski definition) is 5. The Hall–Kier alpha value is -3.15. The quantitative estimate of drug-likeness (QED) is 0.694. The highest BCUT2D eigenvalue weighted by Gasteiger charge is 2.14. The molecule has 0 aliphatic heterocycles. The molecule has 0 fully saturated rings. The predicted molar refractivity (Wildman–Crippen MR) is 102 cm³/mol. The zero-order chi connectivity index (χ0) is 19.4. The van der Waals surface area contributed by atoms with E-state index in [9.17, 15) is 4.79 Å². The van der Waals surface area contributed by atoms with Crippen molar-refractivity contribution in [2.75, 3.05) is 0 Å². The van der Waals surface area contributed by atoms with Crippen molar-refractivity contribution in [1.82, 2.24) is 15.3 Å². The number of aromatic nitrogens is 2. The fraction of sp³-hybridized carbons (Fsp3) is 0.286. The normalized spacial score (nSPS) is 10.9. The Morgan fingerprint density at radius 2 is 1.96 bits per heavy atom. The van der Waals surface area contributed by atoms with Gasteiger partial charge in [0.15, 0.2) is 5.76 Å². The fourth-order valence-corrected chi connectivity index (χ4v) is 2.46. The van der Waals surface area contributed by atoms with Crippen molar-refractivity contribution >= 4 is 5.91 Å². The molecule has 27 heavy (non-hydrogen) atoms. The van der Waals surface area contributed by atoms with E-state index in [1.54, 1.807) is 24.5 Å². The SMILES string of the molecule is Cc1cnc(CNC(=O)c2ccc(Oc3cc(C(C)C)ccc3C)o2)cn1. The molecule has 3 rings (SSSR count). The van der Waals surface area contributed by atoms with Gasteiger partial charge in [0.1, 0.15) is 5.75 Å². The van der Waals surface area contributed by atoms with E-state index in [1.807, 2.05) is 26.0 Å². The first-order valence-electron chi connectivity index (χ1n) is 8.86. The second kappa shape index (κ2) is 8.03. The number of aryl methyl sites for hydroxylation is 2. The van der Waals surface area contributed by atoms with Crippen LogP contribution in [0.15, 0.2) is 47.1 Å². The van der Waals surface area contributed by atoms with E-state index < -0.39 is 0 Å². The van der Waals surface area contributed by atoms with Gasteiger partial charge in [-0.05, 0) is 43.0 Å². The Balaban J connectivity index is 1.65.